The normalized spacial score (nSPS) is 9.42. The quantitative estimate of drug-likeness (QED) is 0.646. The van der Waals surface area contributed by atoms with Crippen molar-refractivity contribution in [1.29, 1.82) is 0 Å². The van der Waals surface area contributed by atoms with Gasteiger partial charge in [0, 0.05) is 5.69 Å². The summed E-state index contributed by atoms with van der Waals surface area (Å²) >= 11 is 0. The number of aliphatic hydroxyl groups excluding tert-OH is 1. The van der Waals surface area contributed by atoms with Gasteiger partial charge in [-0.2, -0.15) is 0 Å². The number of amides is 1. The summed E-state index contributed by atoms with van der Waals surface area (Å²) in [5, 5.41) is 20.8. The summed E-state index contributed by atoms with van der Waals surface area (Å²) in [7, 11) is 0. The van der Waals surface area contributed by atoms with Crippen molar-refractivity contribution in [3.05, 3.63) is 29.8 Å². The number of carbonyl (C=O) groups excluding carboxylic acids is 1. The second kappa shape index (κ2) is 3.73. The number of aliphatic hydroxyl groups is 1. The Kier molecular flexibility index (Phi) is 2.66. The molecule has 1 aromatic carbocycles. The molecule has 0 atom stereocenters. The molecular formula is C8H8NO3-. The molecule has 0 aliphatic heterocycles. The summed E-state index contributed by atoms with van der Waals surface area (Å²) in [6, 6.07) is 6.37. The molecule has 0 aliphatic carbocycles. The number of benzene rings is 1. The molecule has 4 nitrogen and oxygen atoms in total. The van der Waals surface area contributed by atoms with Crippen molar-refractivity contribution < 1.29 is 15.0 Å². The predicted octanol–water partition coefficient (Wildman–Crippen LogP) is -0.0659. The fourth-order valence-electron chi connectivity index (χ4n) is 0.811. The van der Waals surface area contributed by atoms with Gasteiger partial charge >= 0.3 is 0 Å². The summed E-state index contributed by atoms with van der Waals surface area (Å²) in [5.74, 6) is 0. The van der Waals surface area contributed by atoms with E-state index in [4.69, 9.17) is 5.11 Å². The minimum atomic E-state index is -1.34. The van der Waals surface area contributed by atoms with Crippen LogP contribution in [-0.4, -0.2) is 11.2 Å². The summed E-state index contributed by atoms with van der Waals surface area (Å²) in [4.78, 5) is 10.1. The van der Waals surface area contributed by atoms with Crippen LogP contribution in [0.5, 0.6) is 0 Å². The molecule has 0 spiro atoms. The molecule has 0 heterocycles. The first-order chi connectivity index (χ1) is 5.72. The Hall–Kier alpha value is -1.55. The Bertz CT molecular complexity index is 268. The van der Waals surface area contributed by atoms with Gasteiger partial charge in [-0.3, -0.25) is 0 Å². The van der Waals surface area contributed by atoms with Gasteiger partial charge in [0.05, 0.1) is 6.61 Å². The highest BCUT2D eigenvalue weighted by atomic mass is 16.4. The fourth-order valence-corrected chi connectivity index (χ4v) is 0.811. The van der Waals surface area contributed by atoms with E-state index in [-0.39, 0.29) is 6.61 Å². The summed E-state index contributed by atoms with van der Waals surface area (Å²) in [6.45, 7) is -0.0500. The average Bonchev–Trinajstić information content (AvgIpc) is 2.05. The highest BCUT2D eigenvalue weighted by molar-refractivity contribution is 5.80. The lowest BCUT2D eigenvalue weighted by Gasteiger charge is -2.06. The van der Waals surface area contributed by atoms with E-state index in [9.17, 15) is 9.90 Å². The zero-order valence-electron chi connectivity index (χ0n) is 6.28. The molecule has 0 fully saturated rings. The number of rotatable bonds is 2. The lowest BCUT2D eigenvalue weighted by molar-refractivity contribution is -0.242. The fraction of sp³-hybridized carbons (Fsp3) is 0.125. The molecule has 4 heteroatoms. The van der Waals surface area contributed by atoms with Crippen LogP contribution in [0.1, 0.15) is 5.56 Å². The van der Waals surface area contributed by atoms with Crippen molar-refractivity contribution in [2.75, 3.05) is 5.32 Å². The Morgan fingerprint density at radius 1 is 1.42 bits per heavy atom. The van der Waals surface area contributed by atoms with E-state index in [0.717, 1.165) is 5.56 Å². The Morgan fingerprint density at radius 3 is 2.42 bits per heavy atom. The van der Waals surface area contributed by atoms with Gasteiger partial charge in [0.25, 0.3) is 0 Å². The van der Waals surface area contributed by atoms with E-state index in [1.165, 1.54) is 0 Å². The second-order valence-corrected chi connectivity index (χ2v) is 2.27. The minimum absolute atomic E-state index is 0.0500. The number of hydrogen-bond acceptors (Lipinski definition) is 3. The van der Waals surface area contributed by atoms with E-state index in [0.29, 0.717) is 5.69 Å². The first-order valence-electron chi connectivity index (χ1n) is 3.40. The third kappa shape index (κ3) is 2.25. The van der Waals surface area contributed by atoms with Crippen LogP contribution in [-0.2, 0) is 6.61 Å². The van der Waals surface area contributed by atoms with E-state index >= 15 is 0 Å². The number of carboxylic acid groups (broad SMARTS) is 1. The molecule has 1 rings (SSSR count). The van der Waals surface area contributed by atoms with Crippen molar-refractivity contribution >= 4 is 11.8 Å². The van der Waals surface area contributed by atoms with Crippen molar-refractivity contribution in [3.63, 3.8) is 0 Å². The lowest BCUT2D eigenvalue weighted by atomic mass is 10.2. The molecule has 0 aliphatic rings. The highest BCUT2D eigenvalue weighted by Crippen LogP contribution is 2.08. The second-order valence-electron chi connectivity index (χ2n) is 2.27. The molecule has 0 saturated heterocycles. The maximum absolute atomic E-state index is 10.1. The van der Waals surface area contributed by atoms with Crippen LogP contribution in [0.15, 0.2) is 24.3 Å². The number of nitrogens with one attached hydrogen (secondary N) is 1. The van der Waals surface area contributed by atoms with Gasteiger partial charge in [-0.25, -0.2) is 0 Å². The van der Waals surface area contributed by atoms with Crippen LogP contribution in [0.3, 0.4) is 0 Å². The molecule has 1 aromatic rings. The zero-order valence-corrected chi connectivity index (χ0v) is 6.28. The highest BCUT2D eigenvalue weighted by Gasteiger charge is 1.91. The Labute approximate surface area is 69.5 Å². The monoisotopic (exact) mass is 166 g/mol. The van der Waals surface area contributed by atoms with Crippen LogP contribution in [0.2, 0.25) is 0 Å². The van der Waals surface area contributed by atoms with Crippen LogP contribution in [0.25, 0.3) is 0 Å². The van der Waals surface area contributed by atoms with Crippen molar-refractivity contribution in [3.8, 4) is 0 Å². The topological polar surface area (TPSA) is 72.4 Å². The lowest BCUT2D eigenvalue weighted by Crippen LogP contribution is -2.28. The average molecular weight is 166 g/mol. The van der Waals surface area contributed by atoms with Crippen molar-refractivity contribution in [2.45, 2.75) is 6.61 Å². The van der Waals surface area contributed by atoms with Crippen molar-refractivity contribution in [1.82, 2.24) is 0 Å². The molecule has 0 saturated carbocycles. The Morgan fingerprint density at radius 2 is 2.00 bits per heavy atom. The van der Waals surface area contributed by atoms with Gasteiger partial charge in [0.1, 0.15) is 6.09 Å². The van der Waals surface area contributed by atoms with E-state index in [1.54, 1.807) is 24.3 Å². The van der Waals surface area contributed by atoms with Gasteiger partial charge in [-0.05, 0) is 17.7 Å². The zero-order chi connectivity index (χ0) is 8.97. The minimum Gasteiger partial charge on any atom is -0.530 e. The maximum atomic E-state index is 10.1. The SMILES string of the molecule is O=C([O-])Nc1ccc(CO)cc1. The first kappa shape index (κ1) is 8.55. The third-order valence-corrected chi connectivity index (χ3v) is 1.38. The third-order valence-electron chi connectivity index (χ3n) is 1.38. The van der Waals surface area contributed by atoms with E-state index in [2.05, 4.69) is 5.32 Å². The predicted molar refractivity (Wildman–Crippen MR) is 41.4 cm³/mol. The molecule has 0 aromatic heterocycles. The van der Waals surface area contributed by atoms with Gasteiger partial charge in [-0.15, -0.1) is 0 Å². The van der Waals surface area contributed by atoms with Gasteiger partial charge < -0.3 is 20.3 Å². The number of anilines is 1. The molecule has 0 bridgehead atoms. The standard InChI is InChI=1S/C8H9NO3/c10-5-6-1-3-7(4-2-6)9-8(11)12/h1-4,9-10H,5H2,(H,11,12)/p-1. The first-order valence-corrected chi connectivity index (χ1v) is 3.40. The molecule has 1 amide bonds. The largest absolute Gasteiger partial charge is 0.530 e. The summed E-state index contributed by atoms with van der Waals surface area (Å²) in [5.41, 5.74) is 1.17. The van der Waals surface area contributed by atoms with Crippen LogP contribution >= 0.6 is 0 Å². The molecule has 0 radical (unpaired) electrons. The van der Waals surface area contributed by atoms with E-state index in [1.807, 2.05) is 0 Å². The van der Waals surface area contributed by atoms with Gasteiger partial charge in [-0.1, -0.05) is 12.1 Å². The van der Waals surface area contributed by atoms with Gasteiger partial charge in [0.15, 0.2) is 0 Å². The van der Waals surface area contributed by atoms with E-state index < -0.39 is 6.09 Å². The Balaban J connectivity index is 2.71. The molecule has 12 heavy (non-hydrogen) atoms. The van der Waals surface area contributed by atoms with Crippen molar-refractivity contribution in [2.24, 2.45) is 0 Å². The van der Waals surface area contributed by atoms with Crippen LogP contribution in [0.4, 0.5) is 10.5 Å². The van der Waals surface area contributed by atoms with Crippen LogP contribution < -0.4 is 10.4 Å². The number of hydrogen-bond donors (Lipinski definition) is 2. The number of carbonyl (C=O) groups is 1. The van der Waals surface area contributed by atoms with Crippen LogP contribution in [0, 0.1) is 0 Å². The maximum Gasteiger partial charge on any atom is 0.138 e. The molecule has 2 N–H and O–H groups in total. The van der Waals surface area contributed by atoms with Gasteiger partial charge in [0.2, 0.25) is 0 Å². The smallest absolute Gasteiger partial charge is 0.138 e. The molecule has 0 unspecified atom stereocenters. The summed E-state index contributed by atoms with van der Waals surface area (Å²) in [6.07, 6.45) is -1.34. The summed E-state index contributed by atoms with van der Waals surface area (Å²) < 4.78 is 0. The molecule has 64 valence electrons. The molecular weight excluding hydrogens is 158 g/mol.